The predicted octanol–water partition coefficient (Wildman–Crippen LogP) is 10.2. The molecule has 0 bridgehead atoms. The summed E-state index contributed by atoms with van der Waals surface area (Å²) < 4.78 is 29.5. The van der Waals surface area contributed by atoms with Crippen LogP contribution >= 0.6 is 7.60 Å². The smallest absolute Gasteiger partial charge is 0.458 e. The summed E-state index contributed by atoms with van der Waals surface area (Å²) in [5.74, 6) is -0.883. The molecule has 0 spiro atoms. The van der Waals surface area contributed by atoms with Crippen molar-refractivity contribution in [1.29, 1.82) is 0 Å². The van der Waals surface area contributed by atoms with Gasteiger partial charge in [0.1, 0.15) is 12.2 Å². The van der Waals surface area contributed by atoms with Crippen LogP contribution in [0.1, 0.15) is 113 Å². The van der Waals surface area contributed by atoms with Crippen LogP contribution in [0, 0.1) is 35.9 Å². The number of carbonyl (C=O) groups is 3. The number of hydrogen-bond donors (Lipinski definition) is 0. The van der Waals surface area contributed by atoms with Crippen molar-refractivity contribution in [2.45, 2.75) is 108 Å². The first kappa shape index (κ1) is 43.3. The average molecular weight is 679 g/mol. The van der Waals surface area contributed by atoms with Gasteiger partial charge >= 0.3 is 19.5 Å². The van der Waals surface area contributed by atoms with Crippen LogP contribution in [0.15, 0.2) is 58.2 Å². The van der Waals surface area contributed by atoms with E-state index in [1.54, 1.807) is 38.2 Å². The minimum absolute atomic E-state index is 0. The summed E-state index contributed by atoms with van der Waals surface area (Å²) in [6.07, 6.45) is 29.0. The van der Waals surface area contributed by atoms with Gasteiger partial charge < -0.3 is 18.5 Å². The van der Waals surface area contributed by atoms with Gasteiger partial charge in [-0.05, 0) is 114 Å². The number of carbonyl (C=O) groups excluding carboxylic acids is 3. The van der Waals surface area contributed by atoms with E-state index in [1.807, 2.05) is 26.0 Å². The lowest BCUT2D eigenvalue weighted by atomic mass is 9.72. The van der Waals surface area contributed by atoms with Crippen LogP contribution < -0.4 is 0 Å². The minimum atomic E-state index is -3.75. The lowest BCUT2D eigenvalue weighted by Crippen LogP contribution is -2.19. The Morgan fingerprint density at radius 2 is 1.28 bits per heavy atom. The van der Waals surface area contributed by atoms with Gasteiger partial charge in [0.15, 0.2) is 11.9 Å². The van der Waals surface area contributed by atoms with Crippen molar-refractivity contribution in [1.82, 2.24) is 0 Å². The molecule has 0 unspecified atom stereocenters. The molecule has 8 nitrogen and oxygen atoms in total. The lowest BCUT2D eigenvalue weighted by Gasteiger charge is -2.32. The van der Waals surface area contributed by atoms with E-state index in [0.29, 0.717) is 6.61 Å². The molecule has 2 rings (SSSR count). The zero-order chi connectivity index (χ0) is 36.3. The van der Waals surface area contributed by atoms with Crippen molar-refractivity contribution in [3.63, 3.8) is 0 Å². The molecular weight excluding hydrogens is 615 g/mol. The monoisotopic (exact) mass is 678 g/mol. The first-order valence-electron chi connectivity index (χ1n) is 16.0. The molecule has 0 aromatic carbocycles. The number of allylic oxidation sites excluding steroid dienone is 9. The third-order valence-corrected chi connectivity index (χ3v) is 9.14. The van der Waals surface area contributed by atoms with E-state index in [1.165, 1.54) is 60.8 Å². The van der Waals surface area contributed by atoms with E-state index in [9.17, 15) is 18.9 Å². The molecule has 47 heavy (non-hydrogen) atoms. The molecule has 268 valence electrons. The number of rotatable bonds is 11. The molecule has 0 saturated carbocycles. The van der Waals surface area contributed by atoms with Crippen molar-refractivity contribution in [3.8, 4) is 25.1 Å². The highest BCUT2D eigenvalue weighted by molar-refractivity contribution is 7.55. The molecule has 0 saturated heterocycles. The second-order valence-corrected chi connectivity index (χ2v) is 14.7. The van der Waals surface area contributed by atoms with Crippen LogP contribution in [0.25, 0.3) is 0 Å². The highest BCUT2D eigenvalue weighted by Crippen LogP contribution is 2.47. The maximum absolute atomic E-state index is 11.5. The number of hydrogen-bond acceptors (Lipinski definition) is 8. The topological polar surface area (TPSA) is 105 Å². The Hall–Kier alpha value is -3.74. The van der Waals surface area contributed by atoms with Crippen molar-refractivity contribution < 1.29 is 43.2 Å². The summed E-state index contributed by atoms with van der Waals surface area (Å²) in [6, 6.07) is 0. The van der Waals surface area contributed by atoms with Gasteiger partial charge in [0.2, 0.25) is 0 Å². The van der Waals surface area contributed by atoms with E-state index in [2.05, 4.69) is 61.4 Å². The first-order valence-corrected chi connectivity index (χ1v) is 17.8. The SMILES string of the molecule is C#COP(=O)(CC(=O)OCC)OC#C.CC(=O)/C=C/C1=C(C)CCCC1(C)C.CCOC(=O)/C=C(C)\C=C\C1=C(C)CCCC1(C)C.[HH].[HH].[HH].[HH]. The molecule has 0 aromatic rings. The Morgan fingerprint density at radius 3 is 1.66 bits per heavy atom. The Labute approximate surface area is 289 Å². The molecule has 0 atom stereocenters. The highest BCUT2D eigenvalue weighted by atomic mass is 31.2. The van der Waals surface area contributed by atoms with Crippen LogP contribution in [-0.2, 0) is 37.5 Å². The molecular formula is C38H63O8P. The van der Waals surface area contributed by atoms with Crippen LogP contribution in [-0.4, -0.2) is 37.1 Å². The number of terminal acetylenes is 2. The van der Waals surface area contributed by atoms with Gasteiger partial charge in [0.05, 0.1) is 13.2 Å². The summed E-state index contributed by atoms with van der Waals surface area (Å²) in [7, 11) is -3.75. The fraction of sp³-hybridized carbons (Fsp3) is 0.553. The lowest BCUT2D eigenvalue weighted by molar-refractivity contribution is -0.140. The highest BCUT2D eigenvalue weighted by Gasteiger charge is 2.31. The maximum Gasteiger partial charge on any atom is 0.458 e. The summed E-state index contributed by atoms with van der Waals surface area (Å²) in [4.78, 5) is 33.2. The van der Waals surface area contributed by atoms with Crippen LogP contribution in [0.4, 0.5) is 0 Å². The third kappa shape index (κ3) is 17.1. The van der Waals surface area contributed by atoms with E-state index in [4.69, 9.17) is 17.6 Å². The van der Waals surface area contributed by atoms with E-state index >= 15 is 0 Å². The number of ether oxygens (including phenoxy) is 2. The zero-order valence-electron chi connectivity index (χ0n) is 30.1. The quantitative estimate of drug-likeness (QED) is 0.0699. The van der Waals surface area contributed by atoms with Crippen molar-refractivity contribution >= 4 is 25.3 Å². The zero-order valence-corrected chi connectivity index (χ0v) is 31.0. The fourth-order valence-electron chi connectivity index (χ4n) is 5.46. The molecule has 2 aliphatic carbocycles. The third-order valence-electron chi connectivity index (χ3n) is 7.73. The first-order chi connectivity index (χ1) is 21.9. The Balaban J connectivity index is -0.000000203. The van der Waals surface area contributed by atoms with Crippen LogP contribution in [0.5, 0.6) is 0 Å². The van der Waals surface area contributed by atoms with Crippen LogP contribution in [0.3, 0.4) is 0 Å². The molecule has 2 aliphatic rings. The summed E-state index contributed by atoms with van der Waals surface area (Å²) in [5, 5.41) is 0. The molecule has 0 heterocycles. The van der Waals surface area contributed by atoms with Gasteiger partial charge in [-0.25, -0.2) is 9.36 Å². The van der Waals surface area contributed by atoms with E-state index in [0.717, 1.165) is 5.57 Å². The molecule has 0 aliphatic heterocycles. The van der Waals surface area contributed by atoms with E-state index < -0.39 is 19.7 Å². The van der Waals surface area contributed by atoms with E-state index in [-0.39, 0.29) is 34.9 Å². The summed E-state index contributed by atoms with van der Waals surface area (Å²) in [5.41, 5.74) is 7.10. The molecule has 0 fully saturated rings. The Bertz CT molecular complexity index is 1370. The minimum Gasteiger partial charge on any atom is -0.465 e. The largest absolute Gasteiger partial charge is 0.465 e. The van der Waals surface area contributed by atoms with Gasteiger partial charge in [-0.3, -0.25) is 9.59 Å². The van der Waals surface area contributed by atoms with Gasteiger partial charge in [-0.1, -0.05) is 69.9 Å². The average Bonchev–Trinajstić information content (AvgIpc) is 2.92. The van der Waals surface area contributed by atoms with Gasteiger partial charge in [-0.15, -0.1) is 0 Å². The summed E-state index contributed by atoms with van der Waals surface area (Å²) in [6.45, 7) is 21.0. The van der Waals surface area contributed by atoms with Crippen LogP contribution in [0.2, 0.25) is 0 Å². The number of esters is 2. The molecule has 0 N–H and O–H groups in total. The second-order valence-electron chi connectivity index (χ2n) is 12.8. The van der Waals surface area contributed by atoms with Gasteiger partial charge in [0, 0.05) is 11.8 Å². The standard InChI is InChI=1S/C17H26O2.C13H20O.C8H9O5P.4H2/c1-6-19-16(18)12-13(2)9-10-15-14(3)8-7-11-17(15,4)5;1-10-6-5-9-13(3,4)12(10)8-7-11(2)14;1-4-11-8(9)7-14(10,12-5-2)13-6-3;;;;/h9-10,12H,6-8,11H2,1-5H3;7-8H,5-6,9H2,1-4H3;2-3H,4,7H2,1H3;4*1H/b10-9+,13-12-;8-7+;;;;;. The number of ketones is 1. The van der Waals surface area contributed by atoms with Crippen molar-refractivity contribution in [3.05, 3.63) is 58.2 Å². The molecule has 0 aromatic heterocycles. The molecule has 0 radical (unpaired) electrons. The van der Waals surface area contributed by atoms with Crippen molar-refractivity contribution in [2.75, 3.05) is 19.4 Å². The summed E-state index contributed by atoms with van der Waals surface area (Å²) >= 11 is 0. The van der Waals surface area contributed by atoms with Gasteiger partial charge in [-0.2, -0.15) is 0 Å². The van der Waals surface area contributed by atoms with Crippen molar-refractivity contribution in [2.24, 2.45) is 10.8 Å². The fourth-order valence-corrected chi connectivity index (χ4v) is 6.36. The maximum atomic E-state index is 11.5. The second kappa shape index (κ2) is 21.2. The molecule has 9 heteroatoms. The van der Waals surface area contributed by atoms with Gasteiger partial charge in [0.25, 0.3) is 0 Å². The Kier molecular flexibility index (Phi) is 19.5. The molecule has 0 amide bonds. The predicted molar refractivity (Wildman–Crippen MR) is 197 cm³/mol. The normalized spacial score (nSPS) is 17.3. The Morgan fingerprint density at radius 1 is 0.830 bits per heavy atom.